The zero-order valence-electron chi connectivity index (χ0n) is 11.2. The topological polar surface area (TPSA) is 46.9 Å². The highest BCUT2D eigenvalue weighted by atomic mass is 35.5. The number of likely N-dealkylation sites (N-methyl/N-ethyl adjacent to an activating group) is 1. The maximum absolute atomic E-state index is 11.8. The molecule has 102 valence electrons. The van der Waals surface area contributed by atoms with Crippen LogP contribution in [0.3, 0.4) is 0 Å². The predicted molar refractivity (Wildman–Crippen MR) is 77.6 cm³/mol. The minimum absolute atomic E-state index is 0.000811. The molecule has 5 heteroatoms. The van der Waals surface area contributed by atoms with Gasteiger partial charge >= 0.3 is 0 Å². The third-order valence-corrected chi connectivity index (χ3v) is 3.23. The van der Waals surface area contributed by atoms with Gasteiger partial charge in [-0.15, -0.1) is 11.6 Å². The highest BCUT2D eigenvalue weighted by molar-refractivity contribution is 6.17. The highest BCUT2D eigenvalue weighted by Crippen LogP contribution is 2.20. The fourth-order valence-corrected chi connectivity index (χ4v) is 2.42. The summed E-state index contributed by atoms with van der Waals surface area (Å²) in [5, 5.41) is 2.82. The van der Waals surface area contributed by atoms with Crippen molar-refractivity contribution in [3.05, 3.63) is 29.6 Å². The number of hydrogen-bond acceptors (Lipinski definition) is 2. The van der Waals surface area contributed by atoms with Crippen LogP contribution in [0.15, 0.2) is 18.2 Å². The number of imidazole rings is 1. The number of aryl methyl sites for hydroxylation is 2. The molecule has 1 aromatic heterocycles. The van der Waals surface area contributed by atoms with Crippen LogP contribution in [0.2, 0.25) is 0 Å². The molecule has 0 aliphatic rings. The molecule has 0 atom stereocenters. The number of para-hydroxylation sites is 1. The Morgan fingerprint density at radius 1 is 1.47 bits per heavy atom. The number of fused-ring (bicyclic) bond motifs is 1. The summed E-state index contributed by atoms with van der Waals surface area (Å²) in [7, 11) is 0. The largest absolute Gasteiger partial charge is 0.355 e. The van der Waals surface area contributed by atoms with E-state index in [1.807, 2.05) is 36.6 Å². The van der Waals surface area contributed by atoms with Crippen molar-refractivity contribution >= 4 is 28.5 Å². The van der Waals surface area contributed by atoms with Crippen LogP contribution in [-0.2, 0) is 17.8 Å². The Hall–Kier alpha value is -1.55. The van der Waals surface area contributed by atoms with Crippen molar-refractivity contribution in [1.82, 2.24) is 14.9 Å². The smallest absolute Gasteiger partial charge is 0.239 e. The van der Waals surface area contributed by atoms with Crippen molar-refractivity contribution < 1.29 is 4.79 Å². The van der Waals surface area contributed by atoms with Gasteiger partial charge in [0.1, 0.15) is 12.4 Å². The number of carbonyl (C=O) groups excluding carboxylic acids is 1. The molecule has 0 bridgehead atoms. The van der Waals surface area contributed by atoms with E-state index < -0.39 is 0 Å². The second-order valence-electron chi connectivity index (χ2n) is 4.45. The van der Waals surface area contributed by atoms with Gasteiger partial charge in [0, 0.05) is 18.8 Å². The summed E-state index contributed by atoms with van der Waals surface area (Å²) in [6.45, 7) is 4.87. The first-order chi connectivity index (χ1) is 9.17. The standard InChI is InChI=1S/C14H18ClN3O/c1-3-16-13(19)9-18-12(7-8-15)17-11-6-4-5-10(2)14(11)18/h4-6H,3,7-9H2,1-2H3,(H,16,19). The predicted octanol–water partition coefficient (Wildman–Crippen LogP) is 2.26. The monoisotopic (exact) mass is 279 g/mol. The normalized spacial score (nSPS) is 10.9. The summed E-state index contributed by atoms with van der Waals surface area (Å²) in [5.74, 6) is 1.36. The molecule has 1 N–H and O–H groups in total. The first kappa shape index (κ1) is 13.9. The lowest BCUT2D eigenvalue weighted by molar-refractivity contribution is -0.121. The average molecular weight is 280 g/mol. The van der Waals surface area contributed by atoms with Crippen molar-refractivity contribution in [2.75, 3.05) is 12.4 Å². The van der Waals surface area contributed by atoms with Gasteiger partial charge in [0.2, 0.25) is 5.91 Å². The molecule has 0 radical (unpaired) electrons. The van der Waals surface area contributed by atoms with Gasteiger partial charge in [-0.05, 0) is 25.5 Å². The number of halogens is 1. The van der Waals surface area contributed by atoms with E-state index in [4.69, 9.17) is 11.6 Å². The third kappa shape index (κ3) is 2.89. The van der Waals surface area contributed by atoms with Gasteiger partial charge in [-0.25, -0.2) is 4.98 Å². The van der Waals surface area contributed by atoms with E-state index in [-0.39, 0.29) is 5.91 Å². The van der Waals surface area contributed by atoms with Crippen molar-refractivity contribution in [2.45, 2.75) is 26.8 Å². The van der Waals surface area contributed by atoms with Crippen LogP contribution in [-0.4, -0.2) is 27.9 Å². The fraction of sp³-hybridized carbons (Fsp3) is 0.429. The number of nitrogens with one attached hydrogen (secondary N) is 1. The van der Waals surface area contributed by atoms with Gasteiger partial charge in [0.15, 0.2) is 0 Å². The summed E-state index contributed by atoms with van der Waals surface area (Å²) >= 11 is 5.82. The average Bonchev–Trinajstić information content (AvgIpc) is 2.70. The van der Waals surface area contributed by atoms with Crippen LogP contribution in [0.4, 0.5) is 0 Å². The number of aromatic nitrogens is 2. The molecule has 0 aliphatic carbocycles. The quantitative estimate of drug-likeness (QED) is 0.854. The zero-order chi connectivity index (χ0) is 13.8. The molecule has 1 amide bonds. The molecule has 2 aromatic rings. The van der Waals surface area contributed by atoms with E-state index in [0.29, 0.717) is 25.4 Å². The lowest BCUT2D eigenvalue weighted by atomic mass is 10.2. The van der Waals surface area contributed by atoms with Crippen molar-refractivity contribution in [3.63, 3.8) is 0 Å². The first-order valence-corrected chi connectivity index (χ1v) is 6.98. The Kier molecular flexibility index (Phi) is 4.43. The molecule has 0 saturated carbocycles. The Balaban J connectivity index is 2.48. The van der Waals surface area contributed by atoms with Gasteiger partial charge in [-0.3, -0.25) is 4.79 Å². The Morgan fingerprint density at radius 2 is 2.26 bits per heavy atom. The van der Waals surface area contributed by atoms with Crippen LogP contribution in [0, 0.1) is 6.92 Å². The molecular weight excluding hydrogens is 262 g/mol. The molecule has 0 aliphatic heterocycles. The molecule has 2 rings (SSSR count). The summed E-state index contributed by atoms with van der Waals surface area (Å²) in [6, 6.07) is 5.97. The minimum atomic E-state index is 0.000811. The van der Waals surface area contributed by atoms with E-state index in [2.05, 4.69) is 10.3 Å². The molecule has 1 aromatic carbocycles. The fourth-order valence-electron chi connectivity index (χ4n) is 2.26. The van der Waals surface area contributed by atoms with E-state index in [1.54, 1.807) is 0 Å². The summed E-state index contributed by atoms with van der Waals surface area (Å²) in [4.78, 5) is 16.4. The molecule has 4 nitrogen and oxygen atoms in total. The number of nitrogens with zero attached hydrogens (tertiary/aromatic N) is 2. The number of rotatable bonds is 5. The lowest BCUT2D eigenvalue weighted by Gasteiger charge is -2.09. The van der Waals surface area contributed by atoms with Crippen LogP contribution in [0.5, 0.6) is 0 Å². The molecule has 1 heterocycles. The van der Waals surface area contributed by atoms with Gasteiger partial charge in [0.25, 0.3) is 0 Å². The minimum Gasteiger partial charge on any atom is -0.355 e. The highest BCUT2D eigenvalue weighted by Gasteiger charge is 2.14. The molecule has 0 fully saturated rings. The van der Waals surface area contributed by atoms with Crippen molar-refractivity contribution in [3.8, 4) is 0 Å². The number of amides is 1. The van der Waals surface area contributed by atoms with Gasteiger partial charge in [-0.1, -0.05) is 12.1 Å². The summed E-state index contributed by atoms with van der Waals surface area (Å²) in [6.07, 6.45) is 0.662. The third-order valence-electron chi connectivity index (χ3n) is 3.04. The number of carbonyl (C=O) groups is 1. The maximum Gasteiger partial charge on any atom is 0.239 e. The maximum atomic E-state index is 11.8. The Morgan fingerprint density at radius 3 is 2.95 bits per heavy atom. The second kappa shape index (κ2) is 6.06. The first-order valence-electron chi connectivity index (χ1n) is 6.44. The molecular formula is C14H18ClN3O. The molecule has 19 heavy (non-hydrogen) atoms. The lowest BCUT2D eigenvalue weighted by Crippen LogP contribution is -2.28. The van der Waals surface area contributed by atoms with Crippen LogP contribution in [0.1, 0.15) is 18.3 Å². The Bertz CT molecular complexity index is 592. The van der Waals surface area contributed by atoms with Crippen LogP contribution in [0.25, 0.3) is 11.0 Å². The van der Waals surface area contributed by atoms with Gasteiger partial charge in [0.05, 0.1) is 11.0 Å². The van der Waals surface area contributed by atoms with E-state index >= 15 is 0 Å². The summed E-state index contributed by atoms with van der Waals surface area (Å²) in [5.41, 5.74) is 3.06. The van der Waals surface area contributed by atoms with Crippen LogP contribution < -0.4 is 5.32 Å². The number of benzene rings is 1. The molecule has 0 unspecified atom stereocenters. The molecule has 0 saturated heterocycles. The SMILES string of the molecule is CCNC(=O)Cn1c(CCCl)nc2cccc(C)c21. The van der Waals surface area contributed by atoms with E-state index in [9.17, 15) is 4.79 Å². The molecule has 0 spiro atoms. The number of hydrogen-bond donors (Lipinski definition) is 1. The second-order valence-corrected chi connectivity index (χ2v) is 4.83. The van der Waals surface area contributed by atoms with E-state index in [0.717, 1.165) is 22.4 Å². The summed E-state index contributed by atoms with van der Waals surface area (Å²) < 4.78 is 1.97. The number of alkyl halides is 1. The van der Waals surface area contributed by atoms with Crippen LogP contribution >= 0.6 is 11.6 Å². The zero-order valence-corrected chi connectivity index (χ0v) is 12.0. The van der Waals surface area contributed by atoms with Crippen molar-refractivity contribution in [1.29, 1.82) is 0 Å². The van der Waals surface area contributed by atoms with Crippen molar-refractivity contribution in [2.24, 2.45) is 0 Å². The van der Waals surface area contributed by atoms with Gasteiger partial charge < -0.3 is 9.88 Å². The van der Waals surface area contributed by atoms with E-state index in [1.165, 1.54) is 0 Å². The van der Waals surface area contributed by atoms with Gasteiger partial charge in [-0.2, -0.15) is 0 Å². The Labute approximate surface area is 117 Å².